The number of benzene rings is 3. The number of fused-ring (bicyclic) bond motifs is 1. The predicted octanol–water partition coefficient (Wildman–Crippen LogP) is -3.43. The maximum atomic E-state index is 14.8. The van der Waals surface area contributed by atoms with E-state index in [2.05, 4.69) is 52.8 Å². The highest BCUT2D eigenvalue weighted by atomic mass is 16.4. The molecule has 21 N–H and O–H groups in total. The normalized spacial score (nSPS) is 16.2. The summed E-state index contributed by atoms with van der Waals surface area (Å²) < 4.78 is 0. The van der Waals surface area contributed by atoms with Gasteiger partial charge in [0.2, 0.25) is 65.0 Å². The molecule has 1 aliphatic heterocycles. The number of aliphatic hydroxyl groups is 3. The van der Waals surface area contributed by atoms with Crippen LogP contribution in [-0.4, -0.2) is 215 Å². The molecule has 0 bridgehead atoms. The lowest BCUT2D eigenvalue weighted by Crippen LogP contribution is -2.62. The highest BCUT2D eigenvalue weighted by molar-refractivity contribution is 6.00. The maximum Gasteiger partial charge on any atom is 0.326 e. The van der Waals surface area contributed by atoms with Crippen LogP contribution in [0.25, 0.3) is 10.9 Å². The molecule has 2 heterocycles. The summed E-state index contributed by atoms with van der Waals surface area (Å²) in [7, 11) is 0. The maximum absolute atomic E-state index is 14.8. The Kier molecular flexibility index (Phi) is 29.9. The first kappa shape index (κ1) is 78.4. The molecule has 3 aromatic carbocycles. The van der Waals surface area contributed by atoms with Gasteiger partial charge in [0.1, 0.15) is 71.9 Å². The van der Waals surface area contributed by atoms with Crippen molar-refractivity contribution in [3.8, 4) is 11.5 Å². The predicted molar refractivity (Wildman–Crippen MR) is 349 cm³/mol. The van der Waals surface area contributed by atoms with Gasteiger partial charge in [0.25, 0.3) is 0 Å². The summed E-state index contributed by atoms with van der Waals surface area (Å²) in [6, 6.07) is -0.0857. The molecule has 0 aliphatic carbocycles. The quantitative estimate of drug-likeness (QED) is 0.0208. The van der Waals surface area contributed by atoms with Crippen LogP contribution in [0.2, 0.25) is 0 Å². The lowest BCUT2D eigenvalue weighted by atomic mass is 10.0. The lowest BCUT2D eigenvalue weighted by Gasteiger charge is -2.31. The fourth-order valence-corrected chi connectivity index (χ4v) is 10.9. The van der Waals surface area contributed by atoms with Gasteiger partial charge in [0.15, 0.2) is 0 Å². The third-order valence-corrected chi connectivity index (χ3v) is 16.0. The van der Waals surface area contributed by atoms with Crippen LogP contribution in [0.3, 0.4) is 0 Å². The van der Waals surface area contributed by atoms with Crippen molar-refractivity contribution in [1.82, 2.24) is 57.7 Å². The van der Waals surface area contributed by atoms with Crippen molar-refractivity contribution in [2.24, 2.45) is 23.3 Å². The van der Waals surface area contributed by atoms with Gasteiger partial charge in [-0.25, -0.2) is 4.79 Å². The van der Waals surface area contributed by atoms with Crippen LogP contribution in [0.5, 0.6) is 11.5 Å². The van der Waals surface area contributed by atoms with Gasteiger partial charge in [0.05, 0.1) is 31.8 Å². The molecule has 0 saturated carbocycles. The zero-order valence-electron chi connectivity index (χ0n) is 54.8. The third-order valence-electron chi connectivity index (χ3n) is 16.0. The smallest absolute Gasteiger partial charge is 0.326 e. The number of aliphatic carboxylic acids is 2. The van der Waals surface area contributed by atoms with Gasteiger partial charge >= 0.3 is 11.9 Å². The highest BCUT2D eigenvalue weighted by Crippen LogP contribution is 2.22. The van der Waals surface area contributed by atoms with Gasteiger partial charge in [0, 0.05) is 49.3 Å². The van der Waals surface area contributed by atoms with Crippen LogP contribution in [-0.2, 0) is 81.6 Å². The van der Waals surface area contributed by atoms with E-state index in [-0.39, 0.29) is 68.4 Å². The SMILES string of the molecule is CC(C)C[C@H](NC(=O)[C@H](CC(N)=O)NC(=O)[C@H](CCC(=O)O)NC(=O)[C@H](Cc1c[nH]c2ccccc12)NC(=O)[C@H](Cc1ccc(O)cc1)NC(=O)[C@H](CO)NC(=O)[C@@H]1CCCN1C(=O)[C@H](CO)NC(=O)[C@@H](NC(=O)[C@H](Cc1ccc(O)cc1)NC(=O)[C@@H](N)CC(C)C)[C@@H](C)O)C(=O)O. The van der Waals surface area contributed by atoms with Crippen molar-refractivity contribution in [3.05, 3.63) is 95.7 Å². The second-order valence-corrected chi connectivity index (χ2v) is 24.9. The monoisotopic (exact) mass is 1370 g/mol. The highest BCUT2D eigenvalue weighted by Gasteiger charge is 2.42. The number of nitrogens with two attached hydrogens (primary N) is 2. The number of hydrogen-bond acceptors (Lipinski definition) is 19. The molecule has 12 atom stereocenters. The van der Waals surface area contributed by atoms with Crippen molar-refractivity contribution in [1.29, 1.82) is 0 Å². The number of carbonyl (C=O) groups is 13. The molecule has 5 rings (SSSR count). The summed E-state index contributed by atoms with van der Waals surface area (Å²) in [6.45, 7) is 5.85. The number of aromatic nitrogens is 1. The largest absolute Gasteiger partial charge is 0.508 e. The van der Waals surface area contributed by atoms with Crippen LogP contribution >= 0.6 is 0 Å². The number of carboxylic acids is 2. The summed E-state index contributed by atoms with van der Waals surface area (Å²) in [5, 5.41) is 93.6. The number of nitrogens with one attached hydrogen (secondary N) is 10. The van der Waals surface area contributed by atoms with Crippen molar-refractivity contribution >= 4 is 87.8 Å². The van der Waals surface area contributed by atoms with E-state index in [0.29, 0.717) is 27.6 Å². The third kappa shape index (κ3) is 23.8. The van der Waals surface area contributed by atoms with Crippen molar-refractivity contribution < 1.29 is 98.1 Å². The number of H-pyrrole nitrogens is 1. The first-order chi connectivity index (χ1) is 46.3. The van der Waals surface area contributed by atoms with E-state index in [4.69, 9.17) is 11.5 Å². The Labute approximate surface area is 563 Å². The summed E-state index contributed by atoms with van der Waals surface area (Å²) in [6.07, 6.45) is -3.03. The minimum absolute atomic E-state index is 0.00133. The fourth-order valence-electron chi connectivity index (χ4n) is 10.9. The Hall–Kier alpha value is -10.3. The van der Waals surface area contributed by atoms with Gasteiger partial charge < -0.3 is 105 Å². The first-order valence-corrected chi connectivity index (χ1v) is 31.8. The number of rotatable bonds is 38. The molecule has 0 spiro atoms. The molecule has 33 nitrogen and oxygen atoms in total. The standard InChI is InChI=1S/C65H89N13O20/c1-32(2)23-41(66)55(87)70-45(26-36-14-18-39(83)19-15-36)60(92)77-54(34(5)81)63(95)76-50(31-80)64(96)78-22-8-11-51(78)62(94)75-49(30-79)61(93)71-44(25-35-12-16-38(82)17-13-35)57(89)72-46(27-37-29-68-42-10-7-6-9-40(37)42)58(90)69-43(20-21-53(85)86)56(88)73-47(28-52(67)84)59(91)74-48(65(97)98)24-33(3)4/h6-7,9-10,12-19,29,32-34,41,43-51,54,68,79-83H,8,11,20-28,30-31,66H2,1-5H3,(H2,67,84)(H,69,90)(H,70,87)(H,71,93)(H,72,89)(H,73,88)(H,74,91)(H,75,94)(H,76,95)(H,77,92)(H,85,86)(H,97,98)/t34-,41+,43+,44+,45+,46+,47+,48+,49+,50+,51+,54+/m1/s1. The minimum atomic E-state index is -1.88. The summed E-state index contributed by atoms with van der Waals surface area (Å²) in [5.74, 6) is -15.1. The summed E-state index contributed by atoms with van der Waals surface area (Å²) >= 11 is 0. The Bertz CT molecular complexity index is 3470. The number of carboxylic acid groups (broad SMARTS) is 2. The Balaban J connectivity index is 1.37. The van der Waals surface area contributed by atoms with Crippen molar-refractivity contribution in [3.63, 3.8) is 0 Å². The number of aromatic amines is 1. The van der Waals surface area contributed by atoms with Crippen LogP contribution in [0.1, 0.15) is 96.3 Å². The molecule has 0 unspecified atom stereocenters. The Morgan fingerprint density at radius 1 is 0.551 bits per heavy atom. The van der Waals surface area contributed by atoms with Crippen LogP contribution in [0, 0.1) is 11.8 Å². The minimum Gasteiger partial charge on any atom is -0.508 e. The number of amides is 11. The summed E-state index contributed by atoms with van der Waals surface area (Å²) in [4.78, 5) is 181. The molecule has 1 aliphatic rings. The zero-order valence-corrected chi connectivity index (χ0v) is 54.8. The zero-order chi connectivity index (χ0) is 72.7. The average Bonchev–Trinajstić information content (AvgIpc) is 1.61. The van der Waals surface area contributed by atoms with Gasteiger partial charge in [-0.1, -0.05) is 70.2 Å². The fraction of sp³-hybridized carbons (Fsp3) is 0.492. The molecular formula is C65H89N13O20. The van der Waals surface area contributed by atoms with Crippen LogP contribution < -0.4 is 59.3 Å². The number of likely N-dealkylation sites (tertiary alicyclic amines) is 1. The second-order valence-electron chi connectivity index (χ2n) is 24.9. The van der Waals surface area contributed by atoms with E-state index < -0.39 is 188 Å². The molecule has 1 fully saturated rings. The van der Waals surface area contributed by atoms with E-state index in [1.807, 2.05) is 13.8 Å². The molecular weight excluding hydrogens is 1280 g/mol. The van der Waals surface area contributed by atoms with Crippen LogP contribution in [0.15, 0.2) is 79.0 Å². The number of hydrogen-bond donors (Lipinski definition) is 19. The Morgan fingerprint density at radius 3 is 1.54 bits per heavy atom. The number of aromatic hydroxyl groups is 2. The number of carbonyl (C=O) groups excluding carboxylic acids is 11. The van der Waals surface area contributed by atoms with Crippen molar-refractivity contribution in [2.45, 2.75) is 171 Å². The molecule has 98 heavy (non-hydrogen) atoms. The number of phenols is 2. The second kappa shape index (κ2) is 37.3. The number of para-hydroxylation sites is 1. The van der Waals surface area contributed by atoms with E-state index in [1.54, 1.807) is 38.1 Å². The van der Waals surface area contributed by atoms with E-state index in [1.165, 1.54) is 54.7 Å². The molecule has 0 radical (unpaired) electrons. The Morgan fingerprint density at radius 2 is 1.02 bits per heavy atom. The van der Waals surface area contributed by atoms with E-state index in [0.717, 1.165) is 11.8 Å². The number of primary amides is 1. The topological polar surface area (TPSA) is 543 Å². The molecule has 11 amide bonds. The first-order valence-electron chi connectivity index (χ1n) is 31.8. The van der Waals surface area contributed by atoms with E-state index >= 15 is 0 Å². The van der Waals surface area contributed by atoms with Gasteiger partial charge in [-0.15, -0.1) is 0 Å². The molecule has 1 aromatic heterocycles. The lowest BCUT2D eigenvalue weighted by molar-refractivity contribution is -0.144. The number of nitrogens with zero attached hydrogens (tertiary/aromatic N) is 1. The molecule has 534 valence electrons. The molecule has 1 saturated heterocycles. The van der Waals surface area contributed by atoms with E-state index in [9.17, 15) is 98.1 Å². The molecule has 33 heteroatoms. The molecule has 4 aromatic rings. The summed E-state index contributed by atoms with van der Waals surface area (Å²) in [5.41, 5.74) is 13.3. The van der Waals surface area contributed by atoms with Gasteiger partial charge in [-0.05, 0) is 97.9 Å². The van der Waals surface area contributed by atoms with Crippen LogP contribution in [0.4, 0.5) is 0 Å². The number of aliphatic hydroxyl groups excluding tert-OH is 3. The number of phenolic OH excluding ortho intramolecular Hbond substituents is 2. The van der Waals surface area contributed by atoms with Gasteiger partial charge in [-0.2, -0.15) is 0 Å². The van der Waals surface area contributed by atoms with Crippen molar-refractivity contribution in [2.75, 3.05) is 19.8 Å². The van der Waals surface area contributed by atoms with Gasteiger partial charge in [-0.3, -0.25) is 57.5 Å². The average molecular weight is 1370 g/mol.